The van der Waals surface area contributed by atoms with Crippen molar-refractivity contribution in [2.24, 2.45) is 0 Å². The van der Waals surface area contributed by atoms with Crippen molar-refractivity contribution in [3.63, 3.8) is 0 Å². The molecule has 0 heterocycles. The third kappa shape index (κ3) is 3.10. The van der Waals surface area contributed by atoms with E-state index in [1.165, 1.54) is 6.92 Å². The lowest BCUT2D eigenvalue weighted by Crippen LogP contribution is -2.35. The lowest BCUT2D eigenvalue weighted by atomic mass is 10.4. The zero-order valence-corrected chi connectivity index (χ0v) is 10.3. The third-order valence-corrected chi connectivity index (χ3v) is 6.16. The average molecular weight is 221 g/mol. The van der Waals surface area contributed by atoms with Crippen LogP contribution in [0.25, 0.3) is 0 Å². The minimum absolute atomic E-state index is 0.0377. The van der Waals surface area contributed by atoms with Crippen molar-refractivity contribution in [2.75, 3.05) is 0 Å². The molecule has 2 N–H and O–H groups in total. The Bertz CT molecular complexity index is 238. The lowest BCUT2D eigenvalue weighted by molar-refractivity contribution is -0.138. The molecule has 0 aromatic heterocycles. The molecule has 0 radical (unpaired) electrons. The highest BCUT2D eigenvalue weighted by Crippen LogP contribution is 2.51. The third-order valence-electron chi connectivity index (χ3n) is 2.30. The van der Waals surface area contributed by atoms with Crippen LogP contribution in [0.2, 0.25) is 0 Å². The van der Waals surface area contributed by atoms with Gasteiger partial charge in [-0.15, -0.1) is 0 Å². The lowest BCUT2D eigenvalue weighted by Gasteiger charge is -2.28. The Balaban J connectivity index is 4.71. The summed E-state index contributed by atoms with van der Waals surface area (Å²) in [6, 6.07) is -0.759. The highest BCUT2D eigenvalue weighted by molar-refractivity contribution is 7.63. The second-order valence-electron chi connectivity index (χ2n) is 4.09. The van der Waals surface area contributed by atoms with Crippen molar-refractivity contribution in [3.8, 4) is 0 Å². The molecule has 0 fully saturated rings. The van der Waals surface area contributed by atoms with E-state index in [0.717, 1.165) is 0 Å². The summed E-state index contributed by atoms with van der Waals surface area (Å²) in [5.74, 6) is -0.966. The topological polar surface area (TPSA) is 66.4 Å². The van der Waals surface area contributed by atoms with Crippen LogP contribution in [-0.2, 0) is 9.36 Å². The zero-order valence-electron chi connectivity index (χ0n) is 9.44. The predicted octanol–water partition coefficient (Wildman–Crippen LogP) is 2.14. The van der Waals surface area contributed by atoms with E-state index in [4.69, 9.17) is 5.11 Å². The highest BCUT2D eigenvalue weighted by atomic mass is 31.2. The summed E-state index contributed by atoms with van der Waals surface area (Å²) in [7, 11) is -2.60. The Morgan fingerprint density at radius 1 is 1.14 bits per heavy atom. The molecular weight excluding hydrogens is 201 g/mol. The maximum absolute atomic E-state index is 12.4. The Hall–Kier alpha value is -0.340. The molecule has 0 aromatic carbocycles. The normalized spacial score (nSPS) is 14.8. The Kier molecular flexibility index (Phi) is 4.82. The number of rotatable bonds is 5. The Morgan fingerprint density at radius 2 is 1.50 bits per heavy atom. The standard InChI is InChI=1S/C9H20NO3P/c1-6(2)14(13,7(3)4)10-8(5)9(11)12/h6-8H,1-5H3,(H,10,13)(H,11,12). The van der Waals surface area contributed by atoms with E-state index in [9.17, 15) is 9.36 Å². The summed E-state index contributed by atoms with van der Waals surface area (Å²) in [5, 5.41) is 11.5. The van der Waals surface area contributed by atoms with Crippen LogP contribution in [0.15, 0.2) is 0 Å². The number of aliphatic carboxylic acids is 1. The zero-order chi connectivity index (χ0) is 11.5. The number of carboxylic acids is 1. The fraction of sp³-hybridized carbons (Fsp3) is 0.889. The van der Waals surface area contributed by atoms with Gasteiger partial charge in [-0.1, -0.05) is 27.7 Å². The summed E-state index contributed by atoms with van der Waals surface area (Å²) in [6.45, 7) is 8.91. The molecule has 0 saturated heterocycles. The quantitative estimate of drug-likeness (QED) is 0.698. The Morgan fingerprint density at radius 3 is 1.71 bits per heavy atom. The number of carboxylic acid groups (broad SMARTS) is 1. The smallest absolute Gasteiger partial charge is 0.320 e. The van der Waals surface area contributed by atoms with Gasteiger partial charge in [0.2, 0.25) is 0 Å². The van der Waals surface area contributed by atoms with E-state index >= 15 is 0 Å². The summed E-state index contributed by atoms with van der Waals surface area (Å²) >= 11 is 0. The first-order valence-electron chi connectivity index (χ1n) is 4.81. The van der Waals surface area contributed by atoms with Crippen LogP contribution in [0.1, 0.15) is 34.6 Å². The van der Waals surface area contributed by atoms with Crippen LogP contribution >= 0.6 is 7.29 Å². The number of nitrogens with one attached hydrogen (secondary N) is 1. The highest BCUT2D eigenvalue weighted by Gasteiger charge is 2.33. The van der Waals surface area contributed by atoms with Gasteiger partial charge in [0.25, 0.3) is 0 Å². The van der Waals surface area contributed by atoms with Crippen molar-refractivity contribution >= 4 is 13.3 Å². The van der Waals surface area contributed by atoms with Crippen LogP contribution in [0, 0.1) is 0 Å². The molecule has 0 amide bonds. The second kappa shape index (κ2) is 4.94. The molecule has 0 aliphatic heterocycles. The summed E-state index contributed by atoms with van der Waals surface area (Å²) in [5.41, 5.74) is -0.0754. The van der Waals surface area contributed by atoms with Gasteiger partial charge >= 0.3 is 5.97 Å². The van der Waals surface area contributed by atoms with Gasteiger partial charge in [0, 0.05) is 11.3 Å². The first kappa shape index (κ1) is 13.7. The fourth-order valence-corrected chi connectivity index (χ4v) is 3.76. The Labute approximate surface area is 85.5 Å². The van der Waals surface area contributed by atoms with Crippen molar-refractivity contribution < 1.29 is 14.5 Å². The molecule has 0 aromatic rings. The molecule has 0 aliphatic rings. The molecule has 0 saturated carbocycles. The van der Waals surface area contributed by atoms with Gasteiger partial charge in [0.15, 0.2) is 7.29 Å². The first-order valence-corrected chi connectivity index (χ1v) is 6.66. The monoisotopic (exact) mass is 221 g/mol. The summed E-state index contributed by atoms with van der Waals surface area (Å²) in [6.07, 6.45) is 0. The van der Waals surface area contributed by atoms with Crippen molar-refractivity contribution in [1.82, 2.24) is 5.09 Å². The van der Waals surface area contributed by atoms with Gasteiger partial charge < -0.3 is 9.67 Å². The van der Waals surface area contributed by atoms with Gasteiger partial charge in [0.1, 0.15) is 6.04 Å². The van der Waals surface area contributed by atoms with E-state index < -0.39 is 19.3 Å². The molecule has 5 heteroatoms. The van der Waals surface area contributed by atoms with Gasteiger partial charge in [-0.3, -0.25) is 9.88 Å². The van der Waals surface area contributed by atoms with Gasteiger partial charge in [-0.2, -0.15) is 0 Å². The van der Waals surface area contributed by atoms with Gasteiger partial charge in [-0.25, -0.2) is 0 Å². The second-order valence-corrected chi connectivity index (χ2v) is 7.83. The van der Waals surface area contributed by atoms with Crippen molar-refractivity contribution in [2.45, 2.75) is 52.0 Å². The van der Waals surface area contributed by atoms with Crippen LogP contribution in [-0.4, -0.2) is 28.4 Å². The molecule has 0 bridgehead atoms. The molecular formula is C9H20NO3P. The molecule has 1 atom stereocenters. The molecule has 4 nitrogen and oxygen atoms in total. The number of carbonyl (C=O) groups is 1. The maximum Gasteiger partial charge on any atom is 0.320 e. The van der Waals surface area contributed by atoms with Crippen molar-refractivity contribution in [3.05, 3.63) is 0 Å². The molecule has 0 rings (SSSR count). The van der Waals surface area contributed by atoms with E-state index in [1.54, 1.807) is 0 Å². The fourth-order valence-electron chi connectivity index (χ4n) is 1.25. The number of hydrogen-bond acceptors (Lipinski definition) is 2. The summed E-state index contributed by atoms with van der Waals surface area (Å²) < 4.78 is 12.4. The minimum atomic E-state index is -2.60. The SMILES string of the molecule is CC(NP(=O)(C(C)C)C(C)C)C(=O)O. The average Bonchev–Trinajstić information content (AvgIpc) is 2.02. The molecule has 1 unspecified atom stereocenters. The van der Waals surface area contributed by atoms with E-state index in [2.05, 4.69) is 5.09 Å². The molecule has 84 valence electrons. The van der Waals surface area contributed by atoms with Crippen molar-refractivity contribution in [1.29, 1.82) is 0 Å². The van der Waals surface area contributed by atoms with E-state index in [1.807, 2.05) is 27.7 Å². The molecule has 0 spiro atoms. The van der Waals surface area contributed by atoms with Gasteiger partial charge in [-0.05, 0) is 6.92 Å². The summed E-state index contributed by atoms with van der Waals surface area (Å²) in [4.78, 5) is 10.6. The van der Waals surface area contributed by atoms with E-state index in [-0.39, 0.29) is 11.3 Å². The predicted molar refractivity (Wildman–Crippen MR) is 58.1 cm³/mol. The van der Waals surface area contributed by atoms with Crippen LogP contribution < -0.4 is 5.09 Å². The molecule has 14 heavy (non-hydrogen) atoms. The van der Waals surface area contributed by atoms with E-state index in [0.29, 0.717) is 0 Å². The first-order chi connectivity index (χ1) is 6.21. The van der Waals surface area contributed by atoms with Crippen LogP contribution in [0.4, 0.5) is 0 Å². The maximum atomic E-state index is 12.4. The largest absolute Gasteiger partial charge is 0.480 e. The van der Waals surface area contributed by atoms with Gasteiger partial charge in [0.05, 0.1) is 0 Å². The molecule has 0 aliphatic carbocycles. The number of hydrogen-bond donors (Lipinski definition) is 2. The van der Waals surface area contributed by atoms with Crippen LogP contribution in [0.3, 0.4) is 0 Å². The minimum Gasteiger partial charge on any atom is -0.480 e. The van der Waals surface area contributed by atoms with Crippen LogP contribution in [0.5, 0.6) is 0 Å².